The van der Waals surface area contributed by atoms with Crippen molar-refractivity contribution in [2.45, 2.75) is 12.5 Å². The van der Waals surface area contributed by atoms with Gasteiger partial charge in [0.15, 0.2) is 0 Å². The molecular weight excluding hydrogens is 308 g/mol. The number of nitro groups is 1. The minimum atomic E-state index is -2.88. The lowest BCUT2D eigenvalue weighted by molar-refractivity contribution is -0.386. The fraction of sp³-hybridized carbons (Fsp3) is 0.500. The van der Waals surface area contributed by atoms with Crippen LogP contribution in [0.2, 0.25) is 5.02 Å². The summed E-state index contributed by atoms with van der Waals surface area (Å²) in [6, 6.07) is 0.597. The van der Waals surface area contributed by atoms with E-state index >= 15 is 0 Å². The molecule has 0 unspecified atom stereocenters. The number of alkyl halides is 2. The van der Waals surface area contributed by atoms with Crippen LogP contribution in [0.15, 0.2) is 12.1 Å². The van der Waals surface area contributed by atoms with Crippen molar-refractivity contribution in [3.8, 4) is 5.75 Å². The van der Waals surface area contributed by atoms with Crippen molar-refractivity contribution in [3.63, 3.8) is 0 Å². The van der Waals surface area contributed by atoms with Gasteiger partial charge in [-0.2, -0.15) is 0 Å². The van der Waals surface area contributed by atoms with Crippen LogP contribution in [-0.4, -0.2) is 47.5 Å². The van der Waals surface area contributed by atoms with E-state index in [1.807, 2.05) is 0 Å². The van der Waals surface area contributed by atoms with Crippen LogP contribution in [0.5, 0.6) is 5.75 Å². The Kier molecular flexibility index (Phi) is 4.92. The summed E-state index contributed by atoms with van der Waals surface area (Å²) in [5, 5.41) is 23.9. The molecule has 1 aromatic carbocycles. The Balaban J connectivity index is 2.53. The summed E-state index contributed by atoms with van der Waals surface area (Å²) < 4.78 is 27.0. The molecule has 0 spiro atoms. The number of phenols is 1. The molecule has 9 heteroatoms. The van der Waals surface area contributed by atoms with Gasteiger partial charge >= 0.3 is 0 Å². The molecule has 0 radical (unpaired) electrons. The summed E-state index contributed by atoms with van der Waals surface area (Å²) in [6.45, 7) is 1.60. The Labute approximate surface area is 124 Å². The molecule has 1 aliphatic rings. The molecule has 6 nitrogen and oxygen atoms in total. The van der Waals surface area contributed by atoms with Gasteiger partial charge in [-0.3, -0.25) is 15.0 Å². The third-order valence-corrected chi connectivity index (χ3v) is 3.73. The van der Waals surface area contributed by atoms with Crippen molar-refractivity contribution in [1.29, 1.82) is 0 Å². The SMILES string of the molecule is O=[N+]([O-])c1ccc(Cl)c(O)c1[C@@H](C(F)F)N1CCNCC1. The van der Waals surface area contributed by atoms with Gasteiger partial charge in [-0.25, -0.2) is 8.78 Å². The maximum Gasteiger partial charge on any atom is 0.278 e. The minimum Gasteiger partial charge on any atom is -0.506 e. The molecule has 1 heterocycles. The molecule has 0 bridgehead atoms. The summed E-state index contributed by atoms with van der Waals surface area (Å²) in [7, 11) is 0. The largest absolute Gasteiger partial charge is 0.506 e. The molecule has 0 amide bonds. The number of halogens is 3. The number of piperazine rings is 1. The second-order valence-electron chi connectivity index (χ2n) is 4.65. The lowest BCUT2D eigenvalue weighted by Gasteiger charge is -2.34. The highest BCUT2D eigenvalue weighted by molar-refractivity contribution is 6.32. The molecular formula is C12H14ClF2N3O3. The van der Waals surface area contributed by atoms with E-state index in [0.29, 0.717) is 26.2 Å². The van der Waals surface area contributed by atoms with E-state index in [1.165, 1.54) is 4.90 Å². The van der Waals surface area contributed by atoms with E-state index < -0.39 is 34.4 Å². The van der Waals surface area contributed by atoms with Crippen LogP contribution in [0.25, 0.3) is 0 Å². The van der Waals surface area contributed by atoms with E-state index in [9.17, 15) is 24.0 Å². The molecule has 1 aliphatic heterocycles. The van der Waals surface area contributed by atoms with E-state index in [0.717, 1.165) is 12.1 Å². The topological polar surface area (TPSA) is 78.6 Å². The summed E-state index contributed by atoms with van der Waals surface area (Å²) in [5.74, 6) is -0.658. The predicted molar refractivity (Wildman–Crippen MR) is 73.0 cm³/mol. The van der Waals surface area contributed by atoms with Crippen molar-refractivity contribution >= 4 is 17.3 Å². The molecule has 0 aromatic heterocycles. The van der Waals surface area contributed by atoms with Crippen LogP contribution in [0, 0.1) is 10.1 Å². The Hall–Kier alpha value is -1.51. The second-order valence-corrected chi connectivity index (χ2v) is 5.06. The Bertz CT molecular complexity index is 539. The Morgan fingerprint density at radius 3 is 2.52 bits per heavy atom. The standard InChI is InChI=1S/C12H14ClF2N3O3/c13-7-1-2-8(18(20)21)9(11(7)19)10(12(14)15)17-5-3-16-4-6-17/h1-2,10,12,16,19H,3-6H2/t10-/m0/s1. The number of phenolic OH excluding ortho intramolecular Hbond substituents is 1. The zero-order valence-electron chi connectivity index (χ0n) is 10.9. The first kappa shape index (κ1) is 15.9. The summed E-state index contributed by atoms with van der Waals surface area (Å²) in [4.78, 5) is 11.7. The van der Waals surface area contributed by atoms with Crippen LogP contribution >= 0.6 is 11.6 Å². The van der Waals surface area contributed by atoms with Gasteiger partial charge in [0.25, 0.3) is 12.1 Å². The maximum absolute atomic E-state index is 13.5. The number of rotatable bonds is 4. The van der Waals surface area contributed by atoms with E-state index in [4.69, 9.17) is 11.6 Å². The quantitative estimate of drug-likeness (QED) is 0.656. The highest BCUT2D eigenvalue weighted by Crippen LogP contribution is 2.43. The molecule has 1 saturated heterocycles. The van der Waals surface area contributed by atoms with Gasteiger partial charge in [0.1, 0.15) is 11.8 Å². The van der Waals surface area contributed by atoms with Crippen LogP contribution < -0.4 is 5.32 Å². The fourth-order valence-electron chi connectivity index (χ4n) is 2.45. The summed E-state index contributed by atoms with van der Waals surface area (Å²) in [6.07, 6.45) is -2.88. The first-order valence-electron chi connectivity index (χ1n) is 6.32. The molecule has 2 N–H and O–H groups in total. The normalized spacial score (nSPS) is 17.9. The second kappa shape index (κ2) is 6.50. The van der Waals surface area contributed by atoms with Crippen LogP contribution in [0.3, 0.4) is 0 Å². The van der Waals surface area contributed by atoms with Crippen molar-refractivity contribution < 1.29 is 18.8 Å². The van der Waals surface area contributed by atoms with Crippen LogP contribution in [0.1, 0.15) is 11.6 Å². The number of benzene rings is 1. The van der Waals surface area contributed by atoms with Gasteiger partial charge < -0.3 is 10.4 Å². The van der Waals surface area contributed by atoms with Crippen molar-refractivity contribution in [2.24, 2.45) is 0 Å². The van der Waals surface area contributed by atoms with Gasteiger partial charge in [-0.15, -0.1) is 0 Å². The van der Waals surface area contributed by atoms with Gasteiger partial charge in [0.2, 0.25) is 0 Å². The minimum absolute atomic E-state index is 0.184. The zero-order valence-corrected chi connectivity index (χ0v) is 11.7. The predicted octanol–water partition coefficient (Wildman–Crippen LogP) is 2.17. The van der Waals surface area contributed by atoms with E-state index in [-0.39, 0.29) is 5.02 Å². The van der Waals surface area contributed by atoms with Crippen molar-refractivity contribution in [1.82, 2.24) is 10.2 Å². The third kappa shape index (κ3) is 3.22. The number of nitrogens with one attached hydrogen (secondary N) is 1. The number of hydrogen-bond donors (Lipinski definition) is 2. The molecule has 1 atom stereocenters. The number of aromatic hydroxyl groups is 1. The molecule has 21 heavy (non-hydrogen) atoms. The average molecular weight is 322 g/mol. The summed E-state index contributed by atoms with van der Waals surface area (Å²) >= 11 is 5.73. The monoisotopic (exact) mass is 321 g/mol. The number of nitro benzene ring substituents is 1. The van der Waals surface area contributed by atoms with Gasteiger partial charge in [0.05, 0.1) is 15.5 Å². The molecule has 1 aromatic rings. The lowest BCUT2D eigenvalue weighted by Crippen LogP contribution is -2.47. The van der Waals surface area contributed by atoms with Crippen LogP contribution in [-0.2, 0) is 0 Å². The molecule has 0 saturated carbocycles. The maximum atomic E-state index is 13.5. The van der Waals surface area contributed by atoms with Gasteiger partial charge in [0, 0.05) is 32.2 Å². The first-order chi connectivity index (χ1) is 9.93. The molecule has 116 valence electrons. The average Bonchev–Trinajstić information content (AvgIpc) is 2.44. The van der Waals surface area contributed by atoms with E-state index in [1.54, 1.807) is 0 Å². The van der Waals surface area contributed by atoms with Crippen molar-refractivity contribution in [3.05, 3.63) is 32.8 Å². The Morgan fingerprint density at radius 1 is 1.38 bits per heavy atom. The first-order valence-corrected chi connectivity index (χ1v) is 6.70. The van der Waals surface area contributed by atoms with E-state index in [2.05, 4.69) is 5.32 Å². The van der Waals surface area contributed by atoms with Gasteiger partial charge in [-0.05, 0) is 6.07 Å². The molecule has 1 fully saturated rings. The molecule has 0 aliphatic carbocycles. The Morgan fingerprint density at radius 2 is 2.00 bits per heavy atom. The zero-order chi connectivity index (χ0) is 15.6. The summed E-state index contributed by atoms with van der Waals surface area (Å²) in [5.41, 5.74) is -0.981. The highest BCUT2D eigenvalue weighted by atomic mass is 35.5. The smallest absolute Gasteiger partial charge is 0.278 e. The molecule has 2 rings (SSSR count). The van der Waals surface area contributed by atoms with Crippen LogP contribution in [0.4, 0.5) is 14.5 Å². The number of nitrogens with zero attached hydrogens (tertiary/aromatic N) is 2. The van der Waals surface area contributed by atoms with Gasteiger partial charge in [-0.1, -0.05) is 11.6 Å². The highest BCUT2D eigenvalue weighted by Gasteiger charge is 2.38. The third-order valence-electron chi connectivity index (χ3n) is 3.42. The fourth-order valence-corrected chi connectivity index (χ4v) is 2.61. The lowest BCUT2D eigenvalue weighted by atomic mass is 10.0. The number of hydrogen-bond acceptors (Lipinski definition) is 5. The van der Waals surface area contributed by atoms with Crippen molar-refractivity contribution in [2.75, 3.05) is 26.2 Å².